The van der Waals surface area contributed by atoms with Crippen molar-refractivity contribution in [3.05, 3.63) is 36.3 Å². The van der Waals surface area contributed by atoms with Crippen LogP contribution in [0.15, 0.2) is 24.7 Å². The number of anilines is 1. The number of hydrogen-bond acceptors (Lipinski definition) is 7. The average Bonchev–Trinajstić information content (AvgIpc) is 3.38. The van der Waals surface area contributed by atoms with Gasteiger partial charge in [0.25, 0.3) is 6.43 Å². The van der Waals surface area contributed by atoms with Crippen molar-refractivity contribution in [3.8, 4) is 17.0 Å². The lowest BCUT2D eigenvalue weighted by molar-refractivity contribution is -0.0860. The van der Waals surface area contributed by atoms with Crippen LogP contribution in [0.25, 0.3) is 27.7 Å². The van der Waals surface area contributed by atoms with Crippen molar-refractivity contribution in [1.82, 2.24) is 29.0 Å². The van der Waals surface area contributed by atoms with Gasteiger partial charge in [-0.1, -0.05) is 13.8 Å². The summed E-state index contributed by atoms with van der Waals surface area (Å²) >= 11 is 0. The van der Waals surface area contributed by atoms with E-state index < -0.39 is 24.6 Å². The first-order valence-electron chi connectivity index (χ1n) is 12.8. The molecule has 39 heavy (non-hydrogen) atoms. The van der Waals surface area contributed by atoms with Gasteiger partial charge in [0, 0.05) is 19.1 Å². The van der Waals surface area contributed by atoms with E-state index in [0.29, 0.717) is 6.04 Å². The first kappa shape index (κ1) is 25.8. The molecule has 1 aromatic carbocycles. The third-order valence-corrected chi connectivity index (χ3v) is 7.75. The van der Waals surface area contributed by atoms with Gasteiger partial charge in [-0.3, -0.25) is 4.90 Å². The molecule has 5 heterocycles. The number of ether oxygens (including phenoxy) is 2. The summed E-state index contributed by atoms with van der Waals surface area (Å²) in [5, 5.41) is 7.91. The second kappa shape index (κ2) is 9.63. The maximum Gasteiger partial charge on any atom is 0.256 e. The zero-order valence-corrected chi connectivity index (χ0v) is 21.8. The Morgan fingerprint density at radius 1 is 1.21 bits per heavy atom. The molecule has 0 radical (unpaired) electrons. The Morgan fingerprint density at radius 2 is 2.00 bits per heavy atom. The molecule has 1 atom stereocenters. The Hall–Kier alpha value is -3.45. The predicted octanol–water partition coefficient (Wildman–Crippen LogP) is 4.21. The van der Waals surface area contributed by atoms with Crippen molar-refractivity contribution >= 4 is 22.5 Å². The van der Waals surface area contributed by atoms with Gasteiger partial charge >= 0.3 is 0 Å². The van der Waals surface area contributed by atoms with E-state index in [-0.39, 0.29) is 51.0 Å². The third-order valence-electron chi connectivity index (χ3n) is 7.75. The summed E-state index contributed by atoms with van der Waals surface area (Å²) in [5.74, 6) is -1.07. The van der Waals surface area contributed by atoms with Crippen LogP contribution in [0.4, 0.5) is 23.5 Å². The molecule has 3 aromatic heterocycles. The van der Waals surface area contributed by atoms with Gasteiger partial charge < -0.3 is 19.4 Å². The van der Waals surface area contributed by atoms with Crippen LogP contribution in [0, 0.1) is 17.0 Å². The fraction of sp³-hybridized carbons (Fsp3) is 0.500. The summed E-state index contributed by atoms with van der Waals surface area (Å²) in [6, 6.07) is 3.07. The molecule has 13 heteroatoms. The molecule has 2 saturated heterocycles. The standard InChI is InChI=1S/C26H29F4N7O2/c1-26(2)12-35(15-10-39-11-15)5-4-19(26)32-25-33-24(38-3)23-21(17(28)8-37(23)34-25)14-6-16(27)22-18(7-14)36(13-31-22)9-20(29)30/h6-8,13,15,19-20H,4-5,9-12H2,1-3H3,(H,32,34)/t19-/m0/s1. The third kappa shape index (κ3) is 4.56. The van der Waals surface area contributed by atoms with E-state index >= 15 is 4.39 Å². The molecule has 2 fully saturated rings. The van der Waals surface area contributed by atoms with Crippen LogP contribution < -0.4 is 10.1 Å². The molecule has 6 rings (SSSR count). The number of piperidine rings is 1. The highest BCUT2D eigenvalue weighted by Gasteiger charge is 2.40. The molecule has 9 nitrogen and oxygen atoms in total. The molecule has 4 aromatic rings. The number of benzene rings is 1. The minimum atomic E-state index is -2.66. The maximum atomic E-state index is 15.4. The van der Waals surface area contributed by atoms with Crippen LogP contribution in [0.2, 0.25) is 0 Å². The van der Waals surface area contributed by atoms with Gasteiger partial charge in [0.15, 0.2) is 11.6 Å². The van der Waals surface area contributed by atoms with Gasteiger partial charge in [0.05, 0.1) is 56.5 Å². The quantitative estimate of drug-likeness (QED) is 0.347. The van der Waals surface area contributed by atoms with Gasteiger partial charge in [0.1, 0.15) is 11.0 Å². The van der Waals surface area contributed by atoms with Gasteiger partial charge in [0.2, 0.25) is 11.8 Å². The van der Waals surface area contributed by atoms with E-state index in [0.717, 1.165) is 49.7 Å². The van der Waals surface area contributed by atoms with Gasteiger partial charge in [-0.15, -0.1) is 5.10 Å². The Balaban J connectivity index is 1.35. The maximum absolute atomic E-state index is 15.4. The molecule has 0 bridgehead atoms. The highest BCUT2D eigenvalue weighted by Crippen LogP contribution is 2.37. The summed E-state index contributed by atoms with van der Waals surface area (Å²) in [4.78, 5) is 10.9. The Kier molecular flexibility index (Phi) is 6.37. The fourth-order valence-corrected chi connectivity index (χ4v) is 5.63. The molecule has 2 aliphatic heterocycles. The molecule has 208 valence electrons. The van der Waals surface area contributed by atoms with Crippen LogP contribution in [0.3, 0.4) is 0 Å². The van der Waals surface area contributed by atoms with Gasteiger partial charge in [-0.05, 0) is 29.5 Å². The first-order chi connectivity index (χ1) is 18.6. The summed E-state index contributed by atoms with van der Waals surface area (Å²) in [6.45, 7) is 7.02. The van der Waals surface area contributed by atoms with E-state index in [1.54, 1.807) is 0 Å². The lowest BCUT2D eigenvalue weighted by Gasteiger charge is -2.49. The molecule has 0 amide bonds. The monoisotopic (exact) mass is 547 g/mol. The van der Waals surface area contributed by atoms with Gasteiger partial charge in [-0.25, -0.2) is 27.1 Å². The number of halogens is 4. The zero-order chi connectivity index (χ0) is 27.5. The second-order valence-corrected chi connectivity index (χ2v) is 10.8. The van der Waals surface area contributed by atoms with E-state index in [1.807, 2.05) is 0 Å². The van der Waals surface area contributed by atoms with E-state index in [4.69, 9.17) is 9.47 Å². The summed E-state index contributed by atoms with van der Waals surface area (Å²) in [5.41, 5.74) is 0.284. The molecule has 0 saturated carbocycles. The van der Waals surface area contributed by atoms with Crippen LogP contribution in [-0.2, 0) is 11.3 Å². The number of methoxy groups -OCH3 is 1. The van der Waals surface area contributed by atoms with E-state index in [1.165, 1.54) is 23.9 Å². The van der Waals surface area contributed by atoms with Crippen molar-refractivity contribution < 1.29 is 27.0 Å². The molecule has 0 unspecified atom stereocenters. The summed E-state index contributed by atoms with van der Waals surface area (Å²) < 4.78 is 69.8. The van der Waals surface area contributed by atoms with Crippen molar-refractivity contribution in [1.29, 1.82) is 0 Å². The zero-order valence-electron chi connectivity index (χ0n) is 21.8. The first-order valence-corrected chi connectivity index (χ1v) is 12.8. The number of rotatable bonds is 7. The topological polar surface area (TPSA) is 81.7 Å². The van der Waals surface area contributed by atoms with Gasteiger partial charge in [-0.2, -0.15) is 4.98 Å². The van der Waals surface area contributed by atoms with Crippen molar-refractivity contribution in [2.75, 3.05) is 38.7 Å². The summed E-state index contributed by atoms with van der Waals surface area (Å²) in [6.07, 6.45) is 0.517. The minimum absolute atomic E-state index is 0.000326. The molecule has 1 N–H and O–H groups in total. The molecule has 2 aliphatic rings. The molecular weight excluding hydrogens is 518 g/mol. The molecular formula is C26H29F4N7O2. The summed E-state index contributed by atoms with van der Waals surface area (Å²) in [7, 11) is 1.41. The van der Waals surface area contributed by atoms with E-state index in [9.17, 15) is 13.2 Å². The normalized spacial score (nSPS) is 20.2. The lowest BCUT2D eigenvalue weighted by Crippen LogP contribution is -2.59. The number of nitrogens with zero attached hydrogens (tertiary/aromatic N) is 6. The number of nitrogens with one attached hydrogen (secondary N) is 1. The number of alkyl halides is 2. The van der Waals surface area contributed by atoms with E-state index in [2.05, 4.69) is 39.1 Å². The predicted molar refractivity (Wildman–Crippen MR) is 136 cm³/mol. The highest BCUT2D eigenvalue weighted by atomic mass is 19.3. The smallest absolute Gasteiger partial charge is 0.256 e. The number of hydrogen-bond donors (Lipinski definition) is 1. The SMILES string of the molecule is COc1nc(N[C@H]2CCN(C3COC3)CC2(C)C)nn2cc(F)c(-c3cc(F)c4ncn(CC(F)F)c4c3)c12. The van der Waals surface area contributed by atoms with Crippen LogP contribution in [0.1, 0.15) is 20.3 Å². The highest BCUT2D eigenvalue weighted by molar-refractivity contribution is 5.90. The van der Waals surface area contributed by atoms with Crippen LogP contribution in [0.5, 0.6) is 5.88 Å². The fourth-order valence-electron chi connectivity index (χ4n) is 5.63. The molecule has 0 spiro atoms. The number of aromatic nitrogens is 5. The minimum Gasteiger partial charge on any atom is -0.479 e. The lowest BCUT2D eigenvalue weighted by atomic mass is 9.78. The van der Waals surface area contributed by atoms with Crippen molar-refractivity contribution in [2.24, 2.45) is 5.41 Å². The molecule has 0 aliphatic carbocycles. The number of imidazole rings is 1. The number of likely N-dealkylation sites (tertiary alicyclic amines) is 1. The van der Waals surface area contributed by atoms with Crippen molar-refractivity contribution in [2.45, 2.75) is 45.3 Å². The second-order valence-electron chi connectivity index (χ2n) is 10.8. The van der Waals surface area contributed by atoms with Crippen LogP contribution >= 0.6 is 0 Å². The number of fused-ring (bicyclic) bond motifs is 2. The Labute approximate surface area is 221 Å². The van der Waals surface area contributed by atoms with Crippen molar-refractivity contribution in [3.63, 3.8) is 0 Å². The Bertz CT molecular complexity index is 1530. The largest absolute Gasteiger partial charge is 0.479 e. The van der Waals surface area contributed by atoms with Crippen LogP contribution in [-0.4, -0.2) is 81.0 Å². The Morgan fingerprint density at radius 3 is 2.67 bits per heavy atom. The average molecular weight is 548 g/mol.